The summed E-state index contributed by atoms with van der Waals surface area (Å²) in [6, 6.07) is 10.1. The van der Waals surface area contributed by atoms with Crippen LogP contribution in [0.4, 0.5) is 14.9 Å². The molecule has 30 heavy (non-hydrogen) atoms. The Morgan fingerprint density at radius 3 is 2.80 bits per heavy atom. The smallest absolute Gasteiger partial charge is 0.338 e. The van der Waals surface area contributed by atoms with Gasteiger partial charge in [0.25, 0.3) is 0 Å². The average Bonchev–Trinajstić information content (AvgIpc) is 3.07. The molecule has 0 fully saturated rings. The molecular weight excluding hydrogens is 389 g/mol. The average molecular weight is 409 g/mol. The van der Waals surface area contributed by atoms with Crippen molar-refractivity contribution in [2.45, 2.75) is 19.9 Å². The first-order chi connectivity index (χ1) is 14.3. The lowest BCUT2D eigenvalue weighted by molar-refractivity contribution is -0.136. The minimum atomic E-state index is -0.648. The Morgan fingerprint density at radius 2 is 2.03 bits per heavy atom. The molecule has 0 saturated carbocycles. The fourth-order valence-electron chi connectivity index (χ4n) is 3.69. The molecule has 3 amide bonds. The van der Waals surface area contributed by atoms with Crippen molar-refractivity contribution in [3.63, 3.8) is 0 Å². The minimum absolute atomic E-state index is 0.0871. The number of anilines is 1. The number of nitrogens with zero attached hydrogens (tertiary/aromatic N) is 1. The third-order valence-corrected chi connectivity index (χ3v) is 5.15. The molecule has 0 aromatic heterocycles. The number of hydrogen-bond acceptors (Lipinski definition) is 4. The predicted octanol–water partition coefficient (Wildman–Crippen LogP) is 2.96. The summed E-state index contributed by atoms with van der Waals surface area (Å²) >= 11 is 0. The third kappa shape index (κ3) is 3.63. The second-order valence-corrected chi connectivity index (χ2v) is 7.32. The highest BCUT2D eigenvalue weighted by Gasteiger charge is 2.43. The summed E-state index contributed by atoms with van der Waals surface area (Å²) in [4.78, 5) is 38.9. The monoisotopic (exact) mass is 409 g/mol. The van der Waals surface area contributed by atoms with E-state index < -0.39 is 29.8 Å². The van der Waals surface area contributed by atoms with Gasteiger partial charge in [0.15, 0.2) is 0 Å². The Labute approximate surface area is 172 Å². The van der Waals surface area contributed by atoms with Gasteiger partial charge in [0.2, 0.25) is 5.91 Å². The molecule has 2 aliphatic rings. The number of urea groups is 1. The maximum absolute atomic E-state index is 13.3. The van der Waals surface area contributed by atoms with Crippen LogP contribution in [0, 0.1) is 19.7 Å². The fraction of sp³-hybridized carbons (Fsp3) is 0.227. The number of halogens is 1. The van der Waals surface area contributed by atoms with Crippen molar-refractivity contribution in [3.05, 3.63) is 76.2 Å². The number of carbonyl (C=O) groups is 3. The summed E-state index contributed by atoms with van der Waals surface area (Å²) in [5, 5.41) is 5.37. The van der Waals surface area contributed by atoms with Gasteiger partial charge in [-0.2, -0.15) is 0 Å². The number of aryl methyl sites for hydroxylation is 2. The molecule has 2 aromatic rings. The zero-order chi connectivity index (χ0) is 21.4. The lowest BCUT2D eigenvalue weighted by Crippen LogP contribution is -2.49. The van der Waals surface area contributed by atoms with Gasteiger partial charge < -0.3 is 15.4 Å². The molecule has 0 bridgehead atoms. The Bertz CT molecular complexity index is 1100. The molecule has 0 spiro atoms. The van der Waals surface area contributed by atoms with E-state index in [1.54, 1.807) is 6.07 Å². The van der Waals surface area contributed by atoms with Crippen LogP contribution in [0.2, 0.25) is 0 Å². The van der Waals surface area contributed by atoms with E-state index in [0.29, 0.717) is 11.3 Å². The summed E-state index contributed by atoms with van der Waals surface area (Å²) in [5.41, 5.74) is 3.69. The van der Waals surface area contributed by atoms with Crippen molar-refractivity contribution < 1.29 is 23.5 Å². The maximum atomic E-state index is 13.3. The van der Waals surface area contributed by atoms with Crippen LogP contribution >= 0.6 is 0 Å². The number of hydrogen-bond donors (Lipinski definition) is 2. The summed E-state index contributed by atoms with van der Waals surface area (Å²) in [6.07, 6.45) is 0. The van der Waals surface area contributed by atoms with Crippen molar-refractivity contribution in [1.82, 2.24) is 10.2 Å². The molecule has 2 heterocycles. The van der Waals surface area contributed by atoms with Gasteiger partial charge in [-0.1, -0.05) is 29.8 Å². The van der Waals surface area contributed by atoms with Crippen LogP contribution in [-0.4, -0.2) is 36.0 Å². The summed E-state index contributed by atoms with van der Waals surface area (Å²) < 4.78 is 18.5. The number of carbonyl (C=O) groups excluding carboxylic acids is 3. The lowest BCUT2D eigenvalue weighted by atomic mass is 9.91. The van der Waals surface area contributed by atoms with E-state index in [1.165, 1.54) is 23.1 Å². The molecule has 8 heteroatoms. The summed E-state index contributed by atoms with van der Waals surface area (Å²) in [5.74, 6) is -1.53. The Balaban J connectivity index is 1.63. The Kier molecular flexibility index (Phi) is 4.99. The molecule has 0 radical (unpaired) electrons. The number of benzene rings is 2. The Hall–Kier alpha value is -3.68. The van der Waals surface area contributed by atoms with Gasteiger partial charge in [0, 0.05) is 5.69 Å². The van der Waals surface area contributed by atoms with Gasteiger partial charge in [-0.15, -0.1) is 0 Å². The zero-order valence-corrected chi connectivity index (χ0v) is 16.5. The zero-order valence-electron chi connectivity index (χ0n) is 16.5. The quantitative estimate of drug-likeness (QED) is 0.760. The minimum Gasteiger partial charge on any atom is -0.456 e. The predicted molar refractivity (Wildman–Crippen MR) is 107 cm³/mol. The van der Waals surface area contributed by atoms with E-state index in [2.05, 4.69) is 10.6 Å². The van der Waals surface area contributed by atoms with Gasteiger partial charge in [-0.05, 0) is 43.2 Å². The molecule has 4 rings (SSSR count). The molecular formula is C22H20FN3O4. The number of amides is 3. The number of ether oxygens (including phenoxy) is 1. The van der Waals surface area contributed by atoms with E-state index in [-0.39, 0.29) is 18.8 Å². The van der Waals surface area contributed by atoms with E-state index in [9.17, 15) is 18.8 Å². The van der Waals surface area contributed by atoms with E-state index >= 15 is 0 Å². The third-order valence-electron chi connectivity index (χ3n) is 5.15. The highest BCUT2D eigenvalue weighted by molar-refractivity contribution is 6.00. The summed E-state index contributed by atoms with van der Waals surface area (Å²) in [6.45, 7) is 3.41. The molecule has 1 atom stereocenters. The maximum Gasteiger partial charge on any atom is 0.338 e. The van der Waals surface area contributed by atoms with Gasteiger partial charge in [0.05, 0.1) is 17.3 Å². The second-order valence-electron chi connectivity index (χ2n) is 7.32. The highest BCUT2D eigenvalue weighted by atomic mass is 19.1. The van der Waals surface area contributed by atoms with Crippen molar-refractivity contribution in [1.29, 1.82) is 0 Å². The van der Waals surface area contributed by atoms with Crippen LogP contribution in [0.1, 0.15) is 22.7 Å². The van der Waals surface area contributed by atoms with Crippen LogP contribution in [-0.2, 0) is 14.3 Å². The van der Waals surface area contributed by atoms with Crippen LogP contribution < -0.4 is 10.6 Å². The van der Waals surface area contributed by atoms with E-state index in [4.69, 9.17) is 4.74 Å². The molecule has 2 N–H and O–H groups in total. The van der Waals surface area contributed by atoms with Crippen molar-refractivity contribution in [2.24, 2.45) is 0 Å². The standard InChI is InChI=1S/C22H20FN3O4/c1-12-6-7-13(2)16(8-12)20-19-17(11-30-21(19)28)26(22(29)25-20)10-18(27)24-15-5-3-4-14(23)9-15/h3-9,20H,10-11H2,1-2H3,(H,24,27)(H,25,29)/t20-/m0/s1. The largest absolute Gasteiger partial charge is 0.456 e. The number of cyclic esters (lactones) is 1. The SMILES string of the molecule is Cc1ccc(C)c([C@@H]2NC(=O)N(CC(=O)Nc3cccc(F)c3)C3=C2C(=O)OC3)c1. The van der Waals surface area contributed by atoms with Crippen LogP contribution in [0.3, 0.4) is 0 Å². The van der Waals surface area contributed by atoms with Crippen LogP contribution in [0.15, 0.2) is 53.7 Å². The van der Waals surface area contributed by atoms with Gasteiger partial charge in [0.1, 0.15) is 19.0 Å². The highest BCUT2D eigenvalue weighted by Crippen LogP contribution is 2.36. The van der Waals surface area contributed by atoms with Crippen molar-refractivity contribution >= 4 is 23.6 Å². The van der Waals surface area contributed by atoms with Gasteiger partial charge >= 0.3 is 12.0 Å². The first-order valence-corrected chi connectivity index (χ1v) is 9.44. The first kappa shape index (κ1) is 19.6. The number of esters is 1. The summed E-state index contributed by atoms with van der Waals surface area (Å²) in [7, 11) is 0. The first-order valence-electron chi connectivity index (χ1n) is 9.44. The second kappa shape index (κ2) is 7.62. The molecule has 0 aliphatic carbocycles. The Morgan fingerprint density at radius 1 is 1.23 bits per heavy atom. The molecule has 0 unspecified atom stereocenters. The van der Waals surface area contributed by atoms with Crippen molar-refractivity contribution in [2.75, 3.05) is 18.5 Å². The molecule has 154 valence electrons. The number of rotatable bonds is 4. The fourth-order valence-corrected chi connectivity index (χ4v) is 3.69. The molecule has 2 aliphatic heterocycles. The molecule has 7 nitrogen and oxygen atoms in total. The van der Waals surface area contributed by atoms with Crippen molar-refractivity contribution in [3.8, 4) is 0 Å². The normalized spacial score (nSPS) is 18.1. The lowest BCUT2D eigenvalue weighted by Gasteiger charge is -2.33. The number of nitrogens with one attached hydrogen (secondary N) is 2. The molecule has 2 aromatic carbocycles. The van der Waals surface area contributed by atoms with Gasteiger partial charge in [-0.25, -0.2) is 14.0 Å². The van der Waals surface area contributed by atoms with E-state index in [1.807, 2.05) is 32.0 Å². The van der Waals surface area contributed by atoms with Crippen LogP contribution in [0.25, 0.3) is 0 Å². The van der Waals surface area contributed by atoms with Gasteiger partial charge in [-0.3, -0.25) is 9.69 Å². The topological polar surface area (TPSA) is 87.7 Å². The van der Waals surface area contributed by atoms with E-state index in [0.717, 1.165) is 16.7 Å². The molecule has 0 saturated heterocycles. The van der Waals surface area contributed by atoms with Crippen LogP contribution in [0.5, 0.6) is 0 Å².